The molecule has 0 aliphatic carbocycles. The van der Waals surface area contributed by atoms with Crippen LogP contribution in [0.4, 0.5) is 0 Å². The molecule has 29 heavy (non-hydrogen) atoms. The van der Waals surface area contributed by atoms with Crippen molar-refractivity contribution in [2.24, 2.45) is 0 Å². The molecule has 3 amide bonds. The molecule has 0 unspecified atom stereocenters. The Labute approximate surface area is 187 Å². The Balaban J connectivity index is 4.05. The van der Waals surface area contributed by atoms with Crippen molar-refractivity contribution in [3.8, 4) is 0 Å². The number of amides is 3. The van der Waals surface area contributed by atoms with Gasteiger partial charge in [-0.25, -0.2) is 4.79 Å². The molecule has 0 fully saturated rings. The summed E-state index contributed by atoms with van der Waals surface area (Å²) in [7, 11) is 0. The fraction of sp³-hybridized carbons (Fsp3) is 0.733. The summed E-state index contributed by atoms with van der Waals surface area (Å²) in [6, 6.07) is -1.39. The van der Waals surface area contributed by atoms with Gasteiger partial charge in [0.1, 0.15) is 6.61 Å². The fourth-order valence-electron chi connectivity index (χ4n) is 1.58. The topological polar surface area (TPSA) is 143 Å². The molecule has 0 aromatic heterocycles. The number of esters is 1. The number of nitrogens with one attached hydrogen (secondary N) is 3. The van der Waals surface area contributed by atoms with E-state index in [0.717, 1.165) is 0 Å². The van der Waals surface area contributed by atoms with Crippen molar-refractivity contribution in [3.63, 3.8) is 0 Å². The van der Waals surface area contributed by atoms with Gasteiger partial charge in [0.2, 0.25) is 21.5 Å². The molecule has 0 spiro atoms. The van der Waals surface area contributed by atoms with Crippen LogP contribution in [0.25, 0.3) is 0 Å². The number of hydrogen-bond acceptors (Lipinski definition) is 8. The quantitative estimate of drug-likeness (QED) is 0.142. The predicted molar refractivity (Wildman–Crippen MR) is 110 cm³/mol. The highest BCUT2D eigenvalue weighted by molar-refractivity contribution is 7.99. The van der Waals surface area contributed by atoms with Crippen molar-refractivity contribution < 1.29 is 33.8 Å². The molecule has 0 heterocycles. The molecular formula is C15H24Cl3N3O7S. The molecular weight excluding hydrogens is 473 g/mol. The van der Waals surface area contributed by atoms with Gasteiger partial charge in [0.05, 0.1) is 32.1 Å². The van der Waals surface area contributed by atoms with E-state index in [-0.39, 0.29) is 18.2 Å². The van der Waals surface area contributed by atoms with E-state index in [2.05, 4.69) is 20.7 Å². The summed E-state index contributed by atoms with van der Waals surface area (Å²) < 4.78 is 7.95. The van der Waals surface area contributed by atoms with E-state index in [9.17, 15) is 19.2 Å². The van der Waals surface area contributed by atoms with Crippen LogP contribution in [-0.4, -0.2) is 89.7 Å². The molecule has 0 rings (SSSR count). The summed E-state index contributed by atoms with van der Waals surface area (Å²) in [5, 5.41) is 16.0. The predicted octanol–water partition coefficient (Wildman–Crippen LogP) is -0.621. The van der Waals surface area contributed by atoms with Crippen molar-refractivity contribution in [3.05, 3.63) is 0 Å². The second-order valence-corrected chi connectivity index (χ2v) is 8.95. The van der Waals surface area contributed by atoms with Gasteiger partial charge in [0.15, 0.2) is 6.04 Å². The number of alkyl halides is 3. The van der Waals surface area contributed by atoms with E-state index < -0.39 is 47.4 Å². The van der Waals surface area contributed by atoms with Gasteiger partial charge in [-0.05, 0) is 6.92 Å². The van der Waals surface area contributed by atoms with Crippen LogP contribution in [0.1, 0.15) is 6.92 Å². The third-order valence-corrected chi connectivity index (χ3v) is 4.13. The molecule has 0 aromatic carbocycles. The van der Waals surface area contributed by atoms with Gasteiger partial charge in [-0.2, -0.15) is 0 Å². The number of hydrogen-bond donors (Lipinski definition) is 4. The van der Waals surface area contributed by atoms with Crippen LogP contribution in [0, 0.1) is 0 Å². The number of thioether (sulfide) groups is 1. The Morgan fingerprint density at radius 3 is 2.28 bits per heavy atom. The van der Waals surface area contributed by atoms with Crippen LogP contribution in [-0.2, 0) is 28.7 Å². The van der Waals surface area contributed by atoms with E-state index in [1.165, 1.54) is 11.8 Å². The highest BCUT2D eigenvalue weighted by Gasteiger charge is 2.27. The normalized spacial score (nSPS) is 12.0. The third kappa shape index (κ3) is 16.5. The van der Waals surface area contributed by atoms with E-state index >= 15 is 0 Å². The Morgan fingerprint density at radius 2 is 1.69 bits per heavy atom. The number of rotatable bonds is 14. The summed E-state index contributed by atoms with van der Waals surface area (Å²) >= 11 is 17.7. The van der Waals surface area contributed by atoms with Gasteiger partial charge >= 0.3 is 5.97 Å². The summed E-state index contributed by atoms with van der Waals surface area (Å²) in [5.74, 6) is -1.87. The van der Waals surface area contributed by atoms with Crippen LogP contribution < -0.4 is 16.0 Å². The maximum absolute atomic E-state index is 11.8. The highest BCUT2D eigenvalue weighted by atomic mass is 35.6. The van der Waals surface area contributed by atoms with Crippen LogP contribution in [0.5, 0.6) is 0 Å². The van der Waals surface area contributed by atoms with Crippen LogP contribution in [0.3, 0.4) is 0 Å². The number of ether oxygens (including phenoxy) is 2. The van der Waals surface area contributed by atoms with Crippen LogP contribution in [0.2, 0.25) is 0 Å². The lowest BCUT2D eigenvalue weighted by Gasteiger charge is -2.17. The average molecular weight is 497 g/mol. The lowest BCUT2D eigenvalue weighted by molar-refractivity contribution is -0.148. The van der Waals surface area contributed by atoms with E-state index in [0.29, 0.717) is 19.0 Å². The Morgan fingerprint density at radius 1 is 1.07 bits per heavy atom. The van der Waals surface area contributed by atoms with Gasteiger partial charge < -0.3 is 30.5 Å². The van der Waals surface area contributed by atoms with Gasteiger partial charge in [0.25, 0.3) is 0 Å². The summed E-state index contributed by atoms with van der Waals surface area (Å²) in [6.07, 6.45) is 0. The molecule has 168 valence electrons. The zero-order valence-corrected chi connectivity index (χ0v) is 18.8. The largest absolute Gasteiger partial charge is 0.460 e. The molecule has 10 nitrogen and oxygen atoms in total. The molecule has 0 bridgehead atoms. The first kappa shape index (κ1) is 28.0. The van der Waals surface area contributed by atoms with E-state index in [1.54, 1.807) is 0 Å². The van der Waals surface area contributed by atoms with Crippen LogP contribution in [0.15, 0.2) is 0 Å². The van der Waals surface area contributed by atoms with Crippen molar-refractivity contribution in [2.75, 3.05) is 51.0 Å². The number of aliphatic hydroxyl groups is 1. The monoisotopic (exact) mass is 495 g/mol. The Kier molecular flexibility index (Phi) is 15.3. The van der Waals surface area contributed by atoms with E-state index in [1.807, 2.05) is 6.92 Å². The Hall–Kier alpha value is -0.980. The summed E-state index contributed by atoms with van der Waals surface area (Å²) in [6.45, 7) is 0.905. The first-order valence-electron chi connectivity index (χ1n) is 8.41. The fourth-order valence-corrected chi connectivity index (χ4v) is 2.41. The highest BCUT2D eigenvalue weighted by Crippen LogP contribution is 2.25. The molecule has 4 N–H and O–H groups in total. The lowest BCUT2D eigenvalue weighted by Crippen LogP contribution is -2.49. The second kappa shape index (κ2) is 15.8. The summed E-state index contributed by atoms with van der Waals surface area (Å²) in [5.41, 5.74) is 0. The van der Waals surface area contributed by atoms with Gasteiger partial charge in [-0.1, -0.05) is 34.8 Å². The van der Waals surface area contributed by atoms with Crippen molar-refractivity contribution in [2.45, 2.75) is 16.8 Å². The molecule has 0 aromatic rings. The number of aliphatic hydroxyl groups excluding tert-OH is 1. The maximum atomic E-state index is 11.8. The van der Waals surface area contributed by atoms with Crippen LogP contribution >= 0.6 is 46.6 Å². The van der Waals surface area contributed by atoms with Crippen molar-refractivity contribution >= 4 is 70.3 Å². The Bertz CT molecular complexity index is 550. The zero-order chi connectivity index (χ0) is 22.3. The number of carbonyl (C=O) groups is 4. The standard InChI is InChI=1S/C15H24Cl3N3O7S/c1-2-27-3-4-29-8-13(25)20-5-11(23)19-6-12(24)21-10(7-22)14(26)28-9-15(16,17)18/h10,22H,2-9H2,1H3,(H,19,23)(H,20,25)(H,21,24)/t10-/m0/s1. The number of halogens is 3. The summed E-state index contributed by atoms with van der Waals surface area (Å²) in [4.78, 5) is 46.7. The smallest absolute Gasteiger partial charge is 0.331 e. The minimum Gasteiger partial charge on any atom is -0.460 e. The molecule has 0 saturated carbocycles. The van der Waals surface area contributed by atoms with Crippen molar-refractivity contribution in [1.29, 1.82) is 0 Å². The zero-order valence-electron chi connectivity index (χ0n) is 15.7. The minimum absolute atomic E-state index is 0.176. The van der Waals surface area contributed by atoms with Crippen molar-refractivity contribution in [1.82, 2.24) is 16.0 Å². The second-order valence-electron chi connectivity index (χ2n) is 5.33. The molecule has 14 heteroatoms. The van der Waals surface area contributed by atoms with E-state index in [4.69, 9.17) is 44.6 Å². The molecule has 0 radical (unpaired) electrons. The first-order chi connectivity index (χ1) is 13.6. The molecule has 1 atom stereocenters. The first-order valence-corrected chi connectivity index (χ1v) is 10.7. The minimum atomic E-state index is -1.83. The number of carbonyl (C=O) groups excluding carboxylic acids is 4. The van der Waals surface area contributed by atoms with Gasteiger partial charge in [-0.15, -0.1) is 11.8 Å². The molecule has 0 aliphatic heterocycles. The van der Waals surface area contributed by atoms with Gasteiger partial charge in [0, 0.05) is 12.4 Å². The average Bonchev–Trinajstić information content (AvgIpc) is 2.66. The lowest BCUT2D eigenvalue weighted by atomic mass is 10.3. The van der Waals surface area contributed by atoms with Gasteiger partial charge in [-0.3, -0.25) is 14.4 Å². The maximum Gasteiger partial charge on any atom is 0.331 e. The molecule has 0 saturated heterocycles. The molecule has 0 aliphatic rings. The third-order valence-electron chi connectivity index (χ3n) is 2.88. The SMILES string of the molecule is CCOCCSCC(=O)NCC(=O)NCC(=O)N[C@@H](CO)C(=O)OCC(Cl)(Cl)Cl.